The fourth-order valence-electron chi connectivity index (χ4n) is 3.21. The van der Waals surface area contributed by atoms with Crippen LogP contribution in [0.5, 0.6) is 0 Å². The molecule has 0 saturated carbocycles. The number of hydrogen-bond acceptors (Lipinski definition) is 4. The Morgan fingerprint density at radius 2 is 2.35 bits per heavy atom. The second-order valence-corrected chi connectivity index (χ2v) is 7.00. The van der Waals surface area contributed by atoms with Gasteiger partial charge in [0, 0.05) is 37.9 Å². The average Bonchev–Trinajstić information content (AvgIpc) is 3.17. The lowest BCUT2D eigenvalue weighted by molar-refractivity contribution is -0.139. The number of nitrogens with zero attached hydrogens (tertiary/aromatic N) is 1. The van der Waals surface area contributed by atoms with Crippen LogP contribution in [0.4, 0.5) is 0 Å². The van der Waals surface area contributed by atoms with E-state index in [-0.39, 0.29) is 23.8 Å². The summed E-state index contributed by atoms with van der Waals surface area (Å²) in [5, 5.41) is 2.77. The van der Waals surface area contributed by atoms with E-state index >= 15 is 0 Å². The first-order chi connectivity index (χ1) is 9.74. The predicted octanol–water partition coefficient (Wildman–Crippen LogP) is 0.636. The minimum atomic E-state index is -0.172. The molecule has 3 aliphatic rings. The Balaban J connectivity index is 1.66. The van der Waals surface area contributed by atoms with Gasteiger partial charge in [-0.05, 0) is 25.0 Å². The van der Waals surface area contributed by atoms with Gasteiger partial charge in [-0.25, -0.2) is 0 Å². The van der Waals surface area contributed by atoms with Gasteiger partial charge in [-0.15, -0.1) is 0 Å². The van der Waals surface area contributed by atoms with Crippen LogP contribution < -0.4 is 5.32 Å². The average molecular weight is 298 g/mol. The molecule has 3 saturated heterocycles. The molecule has 2 amide bonds. The molecule has 3 aliphatic heterocycles. The quantitative estimate of drug-likeness (QED) is 0.827. The molecule has 3 atom stereocenters. The van der Waals surface area contributed by atoms with Crippen molar-refractivity contribution in [1.82, 2.24) is 10.2 Å². The normalized spacial score (nSPS) is 33.4. The molecule has 5 nitrogen and oxygen atoms in total. The number of ether oxygens (including phenoxy) is 1. The van der Waals surface area contributed by atoms with Crippen LogP contribution in [-0.2, 0) is 14.3 Å². The molecule has 0 aromatic rings. The van der Waals surface area contributed by atoms with Crippen molar-refractivity contribution in [1.29, 1.82) is 0 Å². The zero-order valence-corrected chi connectivity index (χ0v) is 12.5. The number of hydrogen-bond donors (Lipinski definition) is 1. The number of amides is 2. The van der Waals surface area contributed by atoms with Crippen LogP contribution in [0.2, 0.25) is 0 Å². The van der Waals surface area contributed by atoms with Crippen molar-refractivity contribution in [3.05, 3.63) is 0 Å². The van der Waals surface area contributed by atoms with Crippen LogP contribution in [0.3, 0.4) is 0 Å². The summed E-state index contributed by atoms with van der Waals surface area (Å²) in [7, 11) is 0. The van der Waals surface area contributed by atoms with Gasteiger partial charge in [0.1, 0.15) is 0 Å². The summed E-state index contributed by atoms with van der Waals surface area (Å²) < 4.78 is 5.69. The molecule has 0 radical (unpaired) electrons. The van der Waals surface area contributed by atoms with Crippen LogP contribution >= 0.6 is 11.8 Å². The smallest absolute Gasteiger partial charge is 0.228 e. The summed E-state index contributed by atoms with van der Waals surface area (Å²) in [6.07, 6.45) is 3.74. The first-order valence-electron chi connectivity index (χ1n) is 7.50. The molecule has 0 aromatic heterocycles. The predicted molar refractivity (Wildman–Crippen MR) is 77.5 cm³/mol. The van der Waals surface area contributed by atoms with Gasteiger partial charge in [0.25, 0.3) is 0 Å². The Morgan fingerprint density at radius 3 is 2.95 bits per heavy atom. The standard InChI is InChI=1S/C14H22N2O3S/c17-13-6-10(7-15-13)14(18)16(11-3-5-20-9-11)8-12-2-1-4-19-12/h10-12H,1-9H2,(H,15,17). The molecule has 3 unspecified atom stereocenters. The van der Waals surface area contributed by atoms with Gasteiger partial charge in [-0.1, -0.05) is 0 Å². The third-order valence-electron chi connectivity index (χ3n) is 4.38. The topological polar surface area (TPSA) is 58.6 Å². The van der Waals surface area contributed by atoms with Crippen LogP contribution in [0.25, 0.3) is 0 Å². The minimum Gasteiger partial charge on any atom is -0.376 e. The summed E-state index contributed by atoms with van der Waals surface area (Å²) in [6.45, 7) is 2.02. The molecule has 0 aliphatic carbocycles. The summed E-state index contributed by atoms with van der Waals surface area (Å²) in [4.78, 5) is 26.1. The van der Waals surface area contributed by atoms with Gasteiger partial charge < -0.3 is 15.0 Å². The van der Waals surface area contributed by atoms with E-state index in [1.54, 1.807) is 0 Å². The van der Waals surface area contributed by atoms with E-state index in [0.29, 0.717) is 25.6 Å². The maximum atomic E-state index is 12.7. The molecule has 1 N–H and O–H groups in total. The SMILES string of the molecule is O=C1CC(C(=O)N(CC2CCCO2)C2CCSC2)CN1. The summed E-state index contributed by atoms with van der Waals surface area (Å²) in [5.74, 6) is 2.12. The van der Waals surface area contributed by atoms with E-state index in [0.717, 1.165) is 37.4 Å². The van der Waals surface area contributed by atoms with Gasteiger partial charge >= 0.3 is 0 Å². The summed E-state index contributed by atoms with van der Waals surface area (Å²) in [6, 6.07) is 0.326. The lowest BCUT2D eigenvalue weighted by atomic mass is 10.0. The van der Waals surface area contributed by atoms with E-state index in [9.17, 15) is 9.59 Å². The highest BCUT2D eigenvalue weighted by molar-refractivity contribution is 7.99. The second kappa shape index (κ2) is 6.35. The first kappa shape index (κ1) is 14.2. The van der Waals surface area contributed by atoms with Gasteiger partial charge in [0.2, 0.25) is 11.8 Å². The van der Waals surface area contributed by atoms with Crippen molar-refractivity contribution in [2.24, 2.45) is 5.92 Å². The molecule has 6 heteroatoms. The van der Waals surface area contributed by atoms with E-state index in [1.807, 2.05) is 16.7 Å². The highest BCUT2D eigenvalue weighted by Gasteiger charge is 2.37. The largest absolute Gasteiger partial charge is 0.376 e. The van der Waals surface area contributed by atoms with Gasteiger partial charge in [0.05, 0.1) is 12.0 Å². The highest BCUT2D eigenvalue weighted by Crippen LogP contribution is 2.27. The Kier molecular flexibility index (Phi) is 4.51. The monoisotopic (exact) mass is 298 g/mol. The molecular formula is C14H22N2O3S. The van der Waals surface area contributed by atoms with E-state index in [2.05, 4.69) is 5.32 Å². The lowest BCUT2D eigenvalue weighted by Gasteiger charge is -2.32. The Hall–Kier alpha value is -0.750. The van der Waals surface area contributed by atoms with Crippen LogP contribution in [-0.4, -0.2) is 60.1 Å². The first-order valence-corrected chi connectivity index (χ1v) is 8.66. The van der Waals surface area contributed by atoms with E-state index in [4.69, 9.17) is 4.74 Å². The third kappa shape index (κ3) is 3.11. The third-order valence-corrected chi connectivity index (χ3v) is 5.53. The van der Waals surface area contributed by atoms with Crippen molar-refractivity contribution < 1.29 is 14.3 Å². The van der Waals surface area contributed by atoms with Crippen LogP contribution in [0, 0.1) is 5.92 Å². The number of nitrogens with one attached hydrogen (secondary N) is 1. The minimum absolute atomic E-state index is 0.00112. The Bertz CT molecular complexity index is 379. The molecule has 0 aromatic carbocycles. The second-order valence-electron chi connectivity index (χ2n) is 5.85. The van der Waals surface area contributed by atoms with Gasteiger partial charge in [-0.3, -0.25) is 9.59 Å². The summed E-state index contributed by atoms with van der Waals surface area (Å²) >= 11 is 1.91. The number of carbonyl (C=O) groups is 2. The van der Waals surface area contributed by atoms with Crippen LogP contribution in [0.15, 0.2) is 0 Å². The van der Waals surface area contributed by atoms with Gasteiger partial charge in [-0.2, -0.15) is 11.8 Å². The molecule has 3 rings (SSSR count). The van der Waals surface area contributed by atoms with Gasteiger partial charge in [0.15, 0.2) is 0 Å². The van der Waals surface area contributed by atoms with Crippen molar-refractivity contribution in [2.45, 2.75) is 37.8 Å². The number of thioether (sulfide) groups is 1. The summed E-state index contributed by atoms with van der Waals surface area (Å²) in [5.41, 5.74) is 0. The zero-order chi connectivity index (χ0) is 13.9. The van der Waals surface area contributed by atoms with E-state index < -0.39 is 0 Å². The maximum absolute atomic E-state index is 12.7. The van der Waals surface area contributed by atoms with Crippen LogP contribution in [0.1, 0.15) is 25.7 Å². The molecule has 3 fully saturated rings. The number of carbonyl (C=O) groups excluding carboxylic acids is 2. The van der Waals surface area contributed by atoms with Crippen molar-refractivity contribution in [3.8, 4) is 0 Å². The fraction of sp³-hybridized carbons (Fsp3) is 0.857. The van der Waals surface area contributed by atoms with E-state index in [1.165, 1.54) is 0 Å². The Labute approximate surface area is 123 Å². The molecule has 20 heavy (non-hydrogen) atoms. The van der Waals surface area contributed by atoms with Crippen molar-refractivity contribution in [3.63, 3.8) is 0 Å². The molecule has 112 valence electrons. The number of rotatable bonds is 4. The Morgan fingerprint density at radius 1 is 1.45 bits per heavy atom. The lowest BCUT2D eigenvalue weighted by Crippen LogP contribution is -2.47. The fourth-order valence-corrected chi connectivity index (χ4v) is 4.43. The molecule has 0 spiro atoms. The van der Waals surface area contributed by atoms with Crippen molar-refractivity contribution >= 4 is 23.6 Å². The molecule has 0 bridgehead atoms. The highest BCUT2D eigenvalue weighted by atomic mass is 32.2. The van der Waals surface area contributed by atoms with Crippen molar-refractivity contribution in [2.75, 3.05) is 31.2 Å². The molecule has 3 heterocycles. The zero-order valence-electron chi connectivity index (χ0n) is 11.7. The molecular weight excluding hydrogens is 276 g/mol. The maximum Gasteiger partial charge on any atom is 0.228 e.